The molecule has 4 nitrogen and oxygen atoms in total. The highest BCUT2D eigenvalue weighted by Gasteiger charge is 2.11. The van der Waals surface area contributed by atoms with Gasteiger partial charge in [0.25, 0.3) is 0 Å². The number of nitrogens with zero attached hydrogens (tertiary/aromatic N) is 4. The van der Waals surface area contributed by atoms with Gasteiger partial charge in [0, 0.05) is 36.8 Å². The molecule has 0 unspecified atom stereocenters. The maximum absolute atomic E-state index is 9.07. The molecule has 0 spiro atoms. The Bertz CT molecular complexity index is 786. The molecule has 0 N–H and O–H groups in total. The van der Waals surface area contributed by atoms with Crippen molar-refractivity contribution in [3.63, 3.8) is 0 Å². The molecule has 0 aliphatic heterocycles. The number of halogens is 1. The zero-order valence-electron chi connectivity index (χ0n) is 11.3. The van der Waals surface area contributed by atoms with E-state index in [2.05, 4.69) is 20.6 Å². The van der Waals surface area contributed by atoms with E-state index in [0.717, 1.165) is 41.3 Å². The Hall–Kier alpha value is -1.90. The second-order valence-corrected chi connectivity index (χ2v) is 5.97. The van der Waals surface area contributed by atoms with Crippen LogP contribution in [0.4, 0.5) is 0 Å². The van der Waals surface area contributed by atoms with Crippen molar-refractivity contribution < 1.29 is 0 Å². The smallest absolute Gasteiger partial charge is 0.111 e. The summed E-state index contributed by atoms with van der Waals surface area (Å²) < 4.78 is 2.15. The third kappa shape index (κ3) is 2.92. The van der Waals surface area contributed by atoms with E-state index in [4.69, 9.17) is 16.9 Å². The molecule has 2 heterocycles. The van der Waals surface area contributed by atoms with Crippen LogP contribution in [-0.2, 0) is 19.4 Å². The number of rotatable bonds is 5. The summed E-state index contributed by atoms with van der Waals surface area (Å²) in [6.07, 6.45) is 3.39. The lowest BCUT2D eigenvalue weighted by Crippen LogP contribution is -2.07. The number of alkyl halides is 1. The van der Waals surface area contributed by atoms with Gasteiger partial charge in [-0.05, 0) is 18.2 Å². The lowest BCUT2D eigenvalue weighted by atomic mass is 10.2. The van der Waals surface area contributed by atoms with Crippen LogP contribution < -0.4 is 0 Å². The summed E-state index contributed by atoms with van der Waals surface area (Å²) in [5.41, 5.74) is 2.55. The number of benzene rings is 1. The molecular formula is C15H13ClN4S. The molecule has 0 radical (unpaired) electrons. The Morgan fingerprint density at radius 2 is 2.24 bits per heavy atom. The Balaban J connectivity index is 1.99. The summed E-state index contributed by atoms with van der Waals surface area (Å²) in [4.78, 5) is 8.94. The average Bonchev–Trinajstić information content (AvgIpc) is 3.12. The predicted molar refractivity (Wildman–Crippen MR) is 84.7 cm³/mol. The van der Waals surface area contributed by atoms with E-state index in [1.807, 2.05) is 23.7 Å². The van der Waals surface area contributed by atoms with Crippen LogP contribution in [0, 0.1) is 11.3 Å². The molecule has 106 valence electrons. The molecular weight excluding hydrogens is 304 g/mol. The number of aryl methyl sites for hydroxylation is 3. The molecule has 6 heteroatoms. The topological polar surface area (TPSA) is 54.5 Å². The highest BCUT2D eigenvalue weighted by Crippen LogP contribution is 2.20. The van der Waals surface area contributed by atoms with Gasteiger partial charge >= 0.3 is 0 Å². The molecule has 0 bridgehead atoms. The molecule has 0 atom stereocenters. The lowest BCUT2D eigenvalue weighted by molar-refractivity contribution is 0.673. The van der Waals surface area contributed by atoms with Crippen LogP contribution in [0.1, 0.15) is 16.4 Å². The van der Waals surface area contributed by atoms with Crippen LogP contribution in [-0.4, -0.2) is 20.4 Å². The van der Waals surface area contributed by atoms with Crippen molar-refractivity contribution in [1.82, 2.24) is 14.5 Å². The fourth-order valence-corrected chi connectivity index (χ4v) is 3.13. The largest absolute Gasteiger partial charge is 0.327 e. The molecule has 21 heavy (non-hydrogen) atoms. The SMILES string of the molecule is N#Cc1ccc2nc(CCCl)n(CCc3nccs3)c2c1. The molecule has 0 saturated carbocycles. The average molecular weight is 317 g/mol. The summed E-state index contributed by atoms with van der Waals surface area (Å²) in [6, 6.07) is 7.76. The maximum atomic E-state index is 9.07. The molecule has 0 aliphatic carbocycles. The number of fused-ring (bicyclic) bond motifs is 1. The molecule has 0 fully saturated rings. The van der Waals surface area contributed by atoms with E-state index in [1.54, 1.807) is 17.4 Å². The van der Waals surface area contributed by atoms with Gasteiger partial charge in [-0.15, -0.1) is 22.9 Å². The first-order valence-electron chi connectivity index (χ1n) is 6.65. The molecule has 0 aliphatic rings. The van der Waals surface area contributed by atoms with Gasteiger partial charge < -0.3 is 4.57 Å². The van der Waals surface area contributed by atoms with Gasteiger partial charge in [0.2, 0.25) is 0 Å². The first kappa shape index (κ1) is 14.1. The molecule has 0 amide bonds. The lowest BCUT2D eigenvalue weighted by Gasteiger charge is -2.07. The maximum Gasteiger partial charge on any atom is 0.111 e. The van der Waals surface area contributed by atoms with Crippen molar-refractivity contribution in [3.8, 4) is 6.07 Å². The number of nitriles is 1. The quantitative estimate of drug-likeness (QED) is 0.678. The minimum atomic E-state index is 0.533. The van der Waals surface area contributed by atoms with Gasteiger partial charge in [0.05, 0.1) is 27.7 Å². The Morgan fingerprint density at radius 1 is 1.33 bits per heavy atom. The van der Waals surface area contributed by atoms with Crippen molar-refractivity contribution in [2.24, 2.45) is 0 Å². The van der Waals surface area contributed by atoms with E-state index in [9.17, 15) is 0 Å². The zero-order chi connectivity index (χ0) is 14.7. The van der Waals surface area contributed by atoms with E-state index in [-0.39, 0.29) is 0 Å². The first-order chi connectivity index (χ1) is 10.3. The van der Waals surface area contributed by atoms with Gasteiger partial charge in [-0.25, -0.2) is 9.97 Å². The van der Waals surface area contributed by atoms with Crippen LogP contribution in [0.5, 0.6) is 0 Å². The van der Waals surface area contributed by atoms with Gasteiger partial charge in [0.15, 0.2) is 0 Å². The van der Waals surface area contributed by atoms with Gasteiger partial charge in [-0.2, -0.15) is 5.26 Å². The molecule has 3 aromatic rings. The van der Waals surface area contributed by atoms with Crippen molar-refractivity contribution >= 4 is 34.0 Å². The minimum absolute atomic E-state index is 0.533. The number of thiazole rings is 1. The first-order valence-corrected chi connectivity index (χ1v) is 8.07. The summed E-state index contributed by atoms with van der Waals surface area (Å²) in [5, 5.41) is 12.2. The third-order valence-electron chi connectivity index (χ3n) is 3.31. The normalized spacial score (nSPS) is 10.9. The second-order valence-electron chi connectivity index (χ2n) is 4.61. The number of hydrogen-bond acceptors (Lipinski definition) is 4. The van der Waals surface area contributed by atoms with Crippen LogP contribution in [0.25, 0.3) is 11.0 Å². The molecule has 1 aromatic carbocycles. The summed E-state index contributed by atoms with van der Waals surface area (Å²) in [5.74, 6) is 1.50. The zero-order valence-corrected chi connectivity index (χ0v) is 12.9. The highest BCUT2D eigenvalue weighted by molar-refractivity contribution is 7.09. The fraction of sp³-hybridized carbons (Fsp3) is 0.267. The van der Waals surface area contributed by atoms with Crippen LogP contribution in [0.3, 0.4) is 0 Å². The minimum Gasteiger partial charge on any atom is -0.327 e. The second kappa shape index (κ2) is 6.25. The van der Waals surface area contributed by atoms with E-state index >= 15 is 0 Å². The van der Waals surface area contributed by atoms with Gasteiger partial charge in [-0.1, -0.05) is 0 Å². The van der Waals surface area contributed by atoms with Crippen LogP contribution in [0.15, 0.2) is 29.8 Å². The molecule has 2 aromatic heterocycles. The monoisotopic (exact) mass is 316 g/mol. The van der Waals surface area contributed by atoms with E-state index < -0.39 is 0 Å². The van der Waals surface area contributed by atoms with Crippen molar-refractivity contribution in [1.29, 1.82) is 5.26 Å². The number of hydrogen-bond donors (Lipinski definition) is 0. The molecule has 0 saturated heterocycles. The number of aromatic nitrogens is 3. The van der Waals surface area contributed by atoms with Crippen LogP contribution >= 0.6 is 22.9 Å². The van der Waals surface area contributed by atoms with Crippen molar-refractivity contribution in [2.45, 2.75) is 19.4 Å². The van der Waals surface area contributed by atoms with Crippen molar-refractivity contribution in [2.75, 3.05) is 5.88 Å². The Kier molecular flexibility index (Phi) is 4.18. The number of imidazole rings is 1. The summed E-state index contributed by atoms with van der Waals surface area (Å²) >= 11 is 7.53. The van der Waals surface area contributed by atoms with E-state index in [1.165, 1.54) is 0 Å². The van der Waals surface area contributed by atoms with Gasteiger partial charge in [-0.3, -0.25) is 0 Å². The van der Waals surface area contributed by atoms with Crippen molar-refractivity contribution in [3.05, 3.63) is 46.2 Å². The fourth-order valence-electron chi connectivity index (χ4n) is 2.35. The Morgan fingerprint density at radius 3 is 2.95 bits per heavy atom. The Labute approximate surface area is 131 Å². The highest BCUT2D eigenvalue weighted by atomic mass is 35.5. The third-order valence-corrected chi connectivity index (χ3v) is 4.34. The standard InChI is InChI=1S/C15H13ClN4S/c16-5-3-14-19-12-2-1-11(10-17)9-13(12)20(14)7-4-15-18-6-8-21-15/h1-2,6,8-9H,3-5,7H2. The van der Waals surface area contributed by atoms with Crippen LogP contribution in [0.2, 0.25) is 0 Å². The molecule has 3 rings (SSSR count). The predicted octanol–water partition coefficient (Wildman–Crippen LogP) is 3.39. The summed E-state index contributed by atoms with van der Waals surface area (Å²) in [7, 11) is 0. The summed E-state index contributed by atoms with van der Waals surface area (Å²) in [6.45, 7) is 0.797. The van der Waals surface area contributed by atoms with Gasteiger partial charge in [0.1, 0.15) is 5.82 Å². The van der Waals surface area contributed by atoms with E-state index in [0.29, 0.717) is 11.4 Å².